The molecule has 1 saturated heterocycles. The molecule has 0 spiro atoms. The topological polar surface area (TPSA) is 68.6 Å². The summed E-state index contributed by atoms with van der Waals surface area (Å²) >= 11 is 1.77. The third-order valence-corrected chi connectivity index (χ3v) is 8.05. The fraction of sp³-hybridized carbons (Fsp3) is 0.400. The van der Waals surface area contributed by atoms with E-state index in [4.69, 9.17) is 9.47 Å². The second-order valence-corrected chi connectivity index (χ2v) is 10.8. The number of hydrogen-bond acceptors (Lipinski definition) is 8. The molecule has 2 heterocycles. The molecule has 8 heteroatoms. The summed E-state index contributed by atoms with van der Waals surface area (Å²) in [5.74, 6) is 0.857. The molecule has 0 saturated carbocycles. The Kier molecular flexibility index (Phi) is 9.57. The van der Waals surface area contributed by atoms with Crippen LogP contribution in [0.1, 0.15) is 5.56 Å². The van der Waals surface area contributed by atoms with Gasteiger partial charge in [0.25, 0.3) is 0 Å². The summed E-state index contributed by atoms with van der Waals surface area (Å²) in [7, 11) is 0. The number of rotatable bonds is 12. The van der Waals surface area contributed by atoms with Gasteiger partial charge in [0, 0.05) is 49.1 Å². The molecule has 2 N–H and O–H groups in total. The van der Waals surface area contributed by atoms with Gasteiger partial charge >= 0.3 is 0 Å². The first-order valence-electron chi connectivity index (χ1n) is 13.4. The number of morpholine rings is 1. The molecule has 202 valence electrons. The van der Waals surface area contributed by atoms with Crippen LogP contribution in [0.15, 0.2) is 82.6 Å². The van der Waals surface area contributed by atoms with Crippen molar-refractivity contribution >= 4 is 23.1 Å². The highest BCUT2D eigenvalue weighted by Crippen LogP contribution is 2.47. The molecule has 0 amide bonds. The Bertz CT molecular complexity index is 1110. The minimum atomic E-state index is -0.589. The van der Waals surface area contributed by atoms with E-state index in [1.54, 1.807) is 11.8 Å². The molecule has 38 heavy (non-hydrogen) atoms. The van der Waals surface area contributed by atoms with Crippen LogP contribution in [-0.2, 0) is 11.3 Å². The van der Waals surface area contributed by atoms with Crippen molar-refractivity contribution in [1.29, 1.82) is 0 Å². The van der Waals surface area contributed by atoms with E-state index in [1.165, 1.54) is 9.79 Å². The zero-order valence-corrected chi connectivity index (χ0v) is 22.6. The van der Waals surface area contributed by atoms with Crippen LogP contribution in [0.2, 0.25) is 0 Å². The molecule has 3 aromatic carbocycles. The van der Waals surface area contributed by atoms with E-state index in [-0.39, 0.29) is 6.61 Å². The van der Waals surface area contributed by atoms with Crippen molar-refractivity contribution < 1.29 is 19.7 Å². The fourth-order valence-corrected chi connectivity index (χ4v) is 6.08. The first kappa shape index (κ1) is 27.0. The number of aliphatic hydroxyl groups is 2. The molecule has 5 rings (SSSR count). The van der Waals surface area contributed by atoms with E-state index in [0.29, 0.717) is 32.8 Å². The molecule has 0 aromatic heterocycles. The van der Waals surface area contributed by atoms with Crippen LogP contribution in [0.5, 0.6) is 5.75 Å². The highest BCUT2D eigenvalue weighted by molar-refractivity contribution is 7.99. The highest BCUT2D eigenvalue weighted by atomic mass is 32.2. The number of hydrogen-bond donors (Lipinski definition) is 2. The molecule has 1 atom stereocenters. The van der Waals surface area contributed by atoms with Gasteiger partial charge in [0.15, 0.2) is 0 Å². The summed E-state index contributed by atoms with van der Waals surface area (Å²) in [6.07, 6.45) is -0.589. The molecule has 1 fully saturated rings. The number of aliphatic hydroxyl groups excluding tert-OH is 2. The van der Waals surface area contributed by atoms with Crippen molar-refractivity contribution in [3.63, 3.8) is 0 Å². The molecule has 0 radical (unpaired) electrons. The lowest BCUT2D eigenvalue weighted by Gasteiger charge is -2.35. The van der Waals surface area contributed by atoms with Crippen molar-refractivity contribution in [2.75, 3.05) is 70.6 Å². The quantitative estimate of drug-likeness (QED) is 0.363. The molecular formula is C30H37N3O4S. The molecule has 0 aliphatic carbocycles. The lowest BCUT2D eigenvalue weighted by atomic mass is 10.1. The largest absolute Gasteiger partial charge is 0.492 e. The van der Waals surface area contributed by atoms with Gasteiger partial charge in [0.2, 0.25) is 0 Å². The number of para-hydroxylation sites is 2. The molecule has 0 bridgehead atoms. The van der Waals surface area contributed by atoms with E-state index in [0.717, 1.165) is 55.5 Å². The second-order valence-electron chi connectivity index (χ2n) is 9.71. The van der Waals surface area contributed by atoms with E-state index in [2.05, 4.69) is 63.2 Å². The number of ether oxygens (including phenoxy) is 2. The predicted octanol–water partition coefficient (Wildman–Crippen LogP) is 3.86. The summed E-state index contributed by atoms with van der Waals surface area (Å²) < 4.78 is 11.3. The van der Waals surface area contributed by atoms with Crippen LogP contribution < -0.4 is 9.64 Å². The van der Waals surface area contributed by atoms with Crippen molar-refractivity contribution in [2.24, 2.45) is 0 Å². The Morgan fingerprint density at radius 3 is 2.24 bits per heavy atom. The smallest absolute Gasteiger partial charge is 0.119 e. The highest BCUT2D eigenvalue weighted by Gasteiger charge is 2.25. The van der Waals surface area contributed by atoms with Crippen molar-refractivity contribution in [3.8, 4) is 5.75 Å². The first-order valence-corrected chi connectivity index (χ1v) is 14.2. The van der Waals surface area contributed by atoms with Crippen LogP contribution in [0, 0.1) is 0 Å². The van der Waals surface area contributed by atoms with Gasteiger partial charge in [-0.05, 0) is 42.0 Å². The van der Waals surface area contributed by atoms with Crippen LogP contribution in [0.4, 0.5) is 11.4 Å². The summed E-state index contributed by atoms with van der Waals surface area (Å²) in [4.78, 5) is 9.06. The number of fused-ring (bicyclic) bond motifs is 2. The number of benzene rings is 3. The van der Waals surface area contributed by atoms with Gasteiger partial charge in [-0.15, -0.1) is 0 Å². The molecular weight excluding hydrogens is 498 g/mol. The SMILES string of the molecule is OCCN(Cc1ccc(OCCN2CCOCC2)cc1)C[C@H](O)CN1c2ccccc2Sc2ccccc21. The van der Waals surface area contributed by atoms with Gasteiger partial charge in [-0.25, -0.2) is 0 Å². The van der Waals surface area contributed by atoms with Gasteiger partial charge in [-0.2, -0.15) is 0 Å². The van der Waals surface area contributed by atoms with E-state index < -0.39 is 6.10 Å². The lowest BCUT2D eigenvalue weighted by molar-refractivity contribution is 0.0322. The van der Waals surface area contributed by atoms with E-state index in [1.807, 2.05) is 24.3 Å². The average Bonchev–Trinajstić information content (AvgIpc) is 2.94. The zero-order valence-electron chi connectivity index (χ0n) is 21.7. The van der Waals surface area contributed by atoms with Crippen molar-refractivity contribution in [1.82, 2.24) is 9.80 Å². The van der Waals surface area contributed by atoms with Crippen LogP contribution in [0.25, 0.3) is 0 Å². The van der Waals surface area contributed by atoms with Gasteiger partial charge in [0.1, 0.15) is 12.4 Å². The minimum Gasteiger partial charge on any atom is -0.492 e. The standard InChI is InChI=1S/C30H37N3O4S/c34-17-13-32(21-24-9-11-26(12-10-24)37-20-16-31-14-18-36-19-15-31)22-25(35)23-33-27-5-1-3-7-29(27)38-30-8-4-2-6-28(30)33/h1-12,25,34-35H,13-23H2/t25-/m0/s1. The number of anilines is 2. The van der Waals surface area contributed by atoms with Crippen LogP contribution in [-0.4, -0.2) is 91.8 Å². The second kappa shape index (κ2) is 13.5. The molecule has 2 aliphatic rings. The number of β-amino-alcohol motifs (C(OH)–C–C–N with tert-alkyl or cyclic N) is 1. The van der Waals surface area contributed by atoms with Gasteiger partial charge in [-0.1, -0.05) is 48.2 Å². The third-order valence-electron chi connectivity index (χ3n) is 6.92. The molecule has 2 aliphatic heterocycles. The Morgan fingerprint density at radius 2 is 1.58 bits per heavy atom. The lowest BCUT2D eigenvalue weighted by Crippen LogP contribution is -2.40. The van der Waals surface area contributed by atoms with E-state index >= 15 is 0 Å². The van der Waals surface area contributed by atoms with Crippen LogP contribution in [0.3, 0.4) is 0 Å². The van der Waals surface area contributed by atoms with Crippen molar-refractivity contribution in [2.45, 2.75) is 22.4 Å². The van der Waals surface area contributed by atoms with Gasteiger partial charge in [-0.3, -0.25) is 9.80 Å². The average molecular weight is 536 g/mol. The number of nitrogens with zero attached hydrogens (tertiary/aromatic N) is 3. The van der Waals surface area contributed by atoms with Gasteiger partial charge < -0.3 is 24.6 Å². The fourth-order valence-electron chi connectivity index (χ4n) is 4.99. The maximum absolute atomic E-state index is 11.2. The Hall–Kier alpha value is -2.59. The Labute approximate surface area is 229 Å². The maximum atomic E-state index is 11.2. The normalized spacial score (nSPS) is 16.2. The maximum Gasteiger partial charge on any atom is 0.119 e. The molecule has 3 aromatic rings. The summed E-state index contributed by atoms with van der Waals surface area (Å²) in [5.41, 5.74) is 3.36. The summed E-state index contributed by atoms with van der Waals surface area (Å²) in [6.45, 7) is 7.21. The van der Waals surface area contributed by atoms with Crippen molar-refractivity contribution in [3.05, 3.63) is 78.4 Å². The first-order chi connectivity index (χ1) is 18.7. The van der Waals surface area contributed by atoms with Gasteiger partial charge in [0.05, 0.1) is 43.8 Å². The molecule has 0 unspecified atom stereocenters. The third kappa shape index (κ3) is 7.08. The zero-order chi connectivity index (χ0) is 26.2. The summed E-state index contributed by atoms with van der Waals surface area (Å²) in [6, 6.07) is 24.8. The minimum absolute atomic E-state index is 0.0431. The predicted molar refractivity (Wildman–Crippen MR) is 152 cm³/mol. The molecule has 7 nitrogen and oxygen atoms in total. The van der Waals surface area contributed by atoms with Crippen LogP contribution >= 0.6 is 11.8 Å². The summed E-state index contributed by atoms with van der Waals surface area (Å²) in [5, 5.41) is 20.9. The Balaban J connectivity index is 1.17. The Morgan fingerprint density at radius 1 is 0.921 bits per heavy atom. The monoisotopic (exact) mass is 535 g/mol. The van der Waals surface area contributed by atoms with E-state index in [9.17, 15) is 10.2 Å².